The van der Waals surface area contributed by atoms with Crippen LogP contribution in [0.15, 0.2) is 24.3 Å². The predicted molar refractivity (Wildman–Crippen MR) is 113 cm³/mol. The molecule has 0 aromatic heterocycles. The monoisotopic (exact) mass is 398 g/mol. The molecular formula is C24H34N2O3. The van der Waals surface area contributed by atoms with Crippen molar-refractivity contribution in [1.82, 2.24) is 10.6 Å². The first-order chi connectivity index (χ1) is 14.0. The smallest absolute Gasteiger partial charge is 0.220 e. The molecule has 2 atom stereocenters. The van der Waals surface area contributed by atoms with E-state index in [9.17, 15) is 9.59 Å². The van der Waals surface area contributed by atoms with Crippen LogP contribution in [0, 0.1) is 11.3 Å². The van der Waals surface area contributed by atoms with E-state index in [1.807, 2.05) is 24.3 Å². The number of carbonyl (C=O) groups is 2. The molecule has 2 aliphatic carbocycles. The fraction of sp³-hybridized carbons (Fsp3) is 0.667. The Kier molecular flexibility index (Phi) is 5.84. The largest absolute Gasteiger partial charge is 0.497 e. The Bertz CT molecular complexity index is 739. The maximum atomic E-state index is 12.5. The average molecular weight is 399 g/mol. The van der Waals surface area contributed by atoms with Crippen molar-refractivity contribution in [3.05, 3.63) is 29.8 Å². The van der Waals surface area contributed by atoms with Crippen LogP contribution in [0.1, 0.15) is 69.8 Å². The lowest BCUT2D eigenvalue weighted by Crippen LogP contribution is -2.44. The topological polar surface area (TPSA) is 67.4 Å². The van der Waals surface area contributed by atoms with Crippen molar-refractivity contribution < 1.29 is 14.3 Å². The Labute approximate surface area is 174 Å². The van der Waals surface area contributed by atoms with Crippen LogP contribution in [-0.4, -0.2) is 31.0 Å². The van der Waals surface area contributed by atoms with Gasteiger partial charge < -0.3 is 15.4 Å². The summed E-state index contributed by atoms with van der Waals surface area (Å²) in [5.41, 5.74) is 1.40. The molecule has 1 aliphatic heterocycles. The van der Waals surface area contributed by atoms with Crippen molar-refractivity contribution in [3.8, 4) is 5.75 Å². The molecule has 2 unspecified atom stereocenters. The van der Waals surface area contributed by atoms with Gasteiger partial charge in [0.1, 0.15) is 5.75 Å². The molecule has 3 fully saturated rings. The van der Waals surface area contributed by atoms with Crippen molar-refractivity contribution in [2.75, 3.05) is 13.7 Å². The minimum atomic E-state index is -0.312. The molecule has 29 heavy (non-hydrogen) atoms. The van der Waals surface area contributed by atoms with Crippen LogP contribution in [0.4, 0.5) is 0 Å². The summed E-state index contributed by atoms with van der Waals surface area (Å²) in [6, 6.07) is 7.98. The van der Waals surface area contributed by atoms with Gasteiger partial charge in [-0.15, -0.1) is 0 Å². The summed E-state index contributed by atoms with van der Waals surface area (Å²) < 4.78 is 5.23. The standard InChI is InChI=1S/C24H34N2O3/c1-29-20-7-5-18(6-8-20)15-24(14-10-22(28)26-24)13-9-21(27)25-17-19-16-23(19)11-3-2-4-12-23/h5-8,19H,2-4,9-17H2,1H3,(H,25,27)(H,26,28). The Morgan fingerprint density at radius 1 is 1.17 bits per heavy atom. The van der Waals surface area contributed by atoms with Gasteiger partial charge in [-0.1, -0.05) is 31.4 Å². The van der Waals surface area contributed by atoms with Gasteiger partial charge in [-0.25, -0.2) is 0 Å². The molecule has 0 bridgehead atoms. The molecular weight excluding hydrogens is 364 g/mol. The lowest BCUT2D eigenvalue weighted by molar-refractivity contribution is -0.122. The molecule has 2 amide bonds. The number of hydrogen-bond donors (Lipinski definition) is 2. The SMILES string of the molecule is COc1ccc(CC2(CCC(=O)NCC3CC34CCCCC4)CCC(=O)N2)cc1. The quantitative estimate of drug-likeness (QED) is 0.701. The van der Waals surface area contributed by atoms with Gasteiger partial charge in [0.25, 0.3) is 0 Å². The van der Waals surface area contributed by atoms with E-state index in [1.165, 1.54) is 38.5 Å². The Morgan fingerprint density at radius 3 is 2.59 bits per heavy atom. The van der Waals surface area contributed by atoms with Crippen molar-refractivity contribution in [2.24, 2.45) is 11.3 Å². The molecule has 5 nitrogen and oxygen atoms in total. The fourth-order valence-corrected chi connectivity index (χ4v) is 5.58. The average Bonchev–Trinajstić information content (AvgIpc) is 3.26. The van der Waals surface area contributed by atoms with Gasteiger partial charge in [-0.05, 0) is 67.6 Å². The number of hydrogen-bond acceptors (Lipinski definition) is 3. The number of nitrogens with one attached hydrogen (secondary N) is 2. The summed E-state index contributed by atoms with van der Waals surface area (Å²) in [5, 5.41) is 6.35. The van der Waals surface area contributed by atoms with Crippen molar-refractivity contribution in [3.63, 3.8) is 0 Å². The highest BCUT2D eigenvalue weighted by atomic mass is 16.5. The number of rotatable bonds is 8. The maximum Gasteiger partial charge on any atom is 0.220 e. The van der Waals surface area contributed by atoms with E-state index in [0.717, 1.165) is 30.7 Å². The number of methoxy groups -OCH3 is 1. The molecule has 1 saturated heterocycles. The van der Waals surface area contributed by atoms with Gasteiger partial charge in [0.15, 0.2) is 0 Å². The molecule has 5 heteroatoms. The van der Waals surface area contributed by atoms with E-state index in [-0.39, 0.29) is 17.4 Å². The second-order valence-corrected chi connectivity index (χ2v) is 9.48. The molecule has 1 heterocycles. The highest BCUT2D eigenvalue weighted by Gasteiger charge is 2.53. The minimum absolute atomic E-state index is 0.0936. The fourth-order valence-electron chi connectivity index (χ4n) is 5.58. The van der Waals surface area contributed by atoms with E-state index in [2.05, 4.69) is 10.6 Å². The van der Waals surface area contributed by atoms with Crippen LogP contribution in [0.3, 0.4) is 0 Å². The minimum Gasteiger partial charge on any atom is -0.497 e. The summed E-state index contributed by atoms with van der Waals surface area (Å²) in [6.07, 6.45) is 11.3. The number of amides is 2. The van der Waals surface area contributed by atoms with Crippen LogP contribution in [0.25, 0.3) is 0 Å². The second kappa shape index (κ2) is 8.37. The molecule has 4 rings (SSSR count). The normalized spacial score (nSPS) is 27.5. The van der Waals surface area contributed by atoms with Gasteiger partial charge in [0.2, 0.25) is 11.8 Å². The molecule has 0 radical (unpaired) electrons. The Hall–Kier alpha value is -2.04. The first kappa shape index (κ1) is 20.2. The summed E-state index contributed by atoms with van der Waals surface area (Å²) in [5.74, 6) is 1.73. The summed E-state index contributed by atoms with van der Waals surface area (Å²) in [6.45, 7) is 0.830. The molecule has 2 N–H and O–H groups in total. The van der Waals surface area contributed by atoms with E-state index in [4.69, 9.17) is 4.74 Å². The summed E-state index contributed by atoms with van der Waals surface area (Å²) in [7, 11) is 1.66. The van der Waals surface area contributed by atoms with Crippen molar-refractivity contribution >= 4 is 11.8 Å². The van der Waals surface area contributed by atoms with Crippen LogP contribution >= 0.6 is 0 Å². The molecule has 158 valence electrons. The van der Waals surface area contributed by atoms with Gasteiger partial charge in [-0.3, -0.25) is 9.59 Å². The highest BCUT2D eigenvalue weighted by Crippen LogP contribution is 2.61. The van der Waals surface area contributed by atoms with Gasteiger partial charge in [0.05, 0.1) is 7.11 Å². The first-order valence-electron chi connectivity index (χ1n) is 11.2. The van der Waals surface area contributed by atoms with E-state index in [0.29, 0.717) is 30.6 Å². The van der Waals surface area contributed by atoms with Crippen LogP contribution < -0.4 is 15.4 Å². The van der Waals surface area contributed by atoms with Crippen molar-refractivity contribution in [1.29, 1.82) is 0 Å². The number of benzene rings is 1. The van der Waals surface area contributed by atoms with Crippen LogP contribution in [-0.2, 0) is 16.0 Å². The van der Waals surface area contributed by atoms with Crippen molar-refractivity contribution in [2.45, 2.75) is 76.2 Å². The Morgan fingerprint density at radius 2 is 1.93 bits per heavy atom. The van der Waals surface area contributed by atoms with Gasteiger partial charge >= 0.3 is 0 Å². The van der Waals surface area contributed by atoms with E-state index in [1.54, 1.807) is 7.11 Å². The molecule has 1 aromatic carbocycles. The Balaban J connectivity index is 1.28. The van der Waals surface area contributed by atoms with E-state index >= 15 is 0 Å². The molecule has 2 saturated carbocycles. The molecule has 3 aliphatic rings. The maximum absolute atomic E-state index is 12.5. The zero-order chi connectivity index (χ0) is 20.3. The molecule has 1 spiro atoms. The van der Waals surface area contributed by atoms with Crippen LogP contribution in [0.2, 0.25) is 0 Å². The van der Waals surface area contributed by atoms with Gasteiger partial charge in [-0.2, -0.15) is 0 Å². The van der Waals surface area contributed by atoms with Crippen LogP contribution in [0.5, 0.6) is 5.75 Å². The third-order valence-electron chi connectivity index (χ3n) is 7.52. The second-order valence-electron chi connectivity index (χ2n) is 9.48. The van der Waals surface area contributed by atoms with E-state index < -0.39 is 0 Å². The summed E-state index contributed by atoms with van der Waals surface area (Å²) >= 11 is 0. The third kappa shape index (κ3) is 4.76. The highest BCUT2D eigenvalue weighted by molar-refractivity contribution is 5.80. The third-order valence-corrected chi connectivity index (χ3v) is 7.52. The first-order valence-corrected chi connectivity index (χ1v) is 11.2. The summed E-state index contributed by atoms with van der Waals surface area (Å²) in [4.78, 5) is 24.5. The number of ether oxygens (including phenoxy) is 1. The lowest BCUT2D eigenvalue weighted by atomic mass is 9.84. The zero-order valence-corrected chi connectivity index (χ0v) is 17.6. The predicted octanol–water partition coefficient (Wildman–Crippen LogP) is 3.75. The zero-order valence-electron chi connectivity index (χ0n) is 17.6. The molecule has 1 aromatic rings. The van der Waals surface area contributed by atoms with Gasteiger partial charge in [0, 0.05) is 24.9 Å². The lowest BCUT2D eigenvalue weighted by Gasteiger charge is -2.29. The number of carbonyl (C=O) groups excluding carboxylic acids is 2.